The number of hydrogen-bond donors (Lipinski definition) is 5. The number of para-hydroxylation sites is 2. The van der Waals surface area contributed by atoms with Crippen LogP contribution in [0.2, 0.25) is 0 Å². The Labute approximate surface area is 307 Å². The highest BCUT2D eigenvalue weighted by Crippen LogP contribution is 2.60. The molecule has 53 heavy (non-hydrogen) atoms. The van der Waals surface area contributed by atoms with Crippen molar-refractivity contribution in [1.29, 1.82) is 0 Å². The second-order valence-corrected chi connectivity index (χ2v) is 14.7. The van der Waals surface area contributed by atoms with E-state index in [-0.39, 0.29) is 47.5 Å². The van der Waals surface area contributed by atoms with Gasteiger partial charge in [0.25, 0.3) is 0 Å². The second kappa shape index (κ2) is 11.8. The lowest BCUT2D eigenvalue weighted by molar-refractivity contribution is 0.442. The van der Waals surface area contributed by atoms with Crippen LogP contribution in [-0.2, 0) is 25.7 Å². The van der Waals surface area contributed by atoms with Crippen molar-refractivity contribution in [2.45, 2.75) is 37.5 Å². The van der Waals surface area contributed by atoms with E-state index in [4.69, 9.17) is 0 Å². The minimum Gasteiger partial charge on any atom is -0.507 e. The number of hydrogen-bond acceptors (Lipinski definition) is 5. The van der Waals surface area contributed by atoms with E-state index in [1.165, 1.54) is 5.56 Å². The molecule has 5 N–H and O–H groups in total. The van der Waals surface area contributed by atoms with Crippen LogP contribution in [0.3, 0.4) is 0 Å². The molecule has 0 atom stereocenters. The first-order valence-corrected chi connectivity index (χ1v) is 18.1. The molecule has 5 heteroatoms. The van der Waals surface area contributed by atoms with E-state index < -0.39 is 5.92 Å². The molecular weight excluding hydrogens is 657 g/mol. The van der Waals surface area contributed by atoms with Gasteiger partial charge in [0.2, 0.25) is 0 Å². The van der Waals surface area contributed by atoms with Crippen LogP contribution in [0, 0.1) is 0 Å². The third-order valence-corrected chi connectivity index (χ3v) is 11.8. The molecule has 5 nitrogen and oxygen atoms in total. The van der Waals surface area contributed by atoms with Gasteiger partial charge in [0, 0.05) is 48.6 Å². The van der Waals surface area contributed by atoms with Crippen molar-refractivity contribution in [2.24, 2.45) is 0 Å². The van der Waals surface area contributed by atoms with Gasteiger partial charge in [-0.1, -0.05) is 115 Å². The van der Waals surface area contributed by atoms with Gasteiger partial charge in [-0.15, -0.1) is 0 Å². The molecule has 0 aliphatic heterocycles. The minimum absolute atomic E-state index is 0.113. The van der Waals surface area contributed by atoms with Crippen molar-refractivity contribution in [2.75, 3.05) is 0 Å². The highest BCUT2D eigenvalue weighted by molar-refractivity contribution is 5.75. The SMILES string of the molecule is Oc1c2cc(-c3ccccc3)cc1Cc1cccc(c1O)Cc1ccc3c(c1O)C1c4ccccc4C3c3ccc(c(O)c31)Cc1cccc(c1O)C2. The summed E-state index contributed by atoms with van der Waals surface area (Å²) in [5.41, 5.74) is 13.1. The van der Waals surface area contributed by atoms with Crippen molar-refractivity contribution in [1.82, 2.24) is 0 Å². The first kappa shape index (κ1) is 31.3. The zero-order chi connectivity index (χ0) is 36.0. The lowest BCUT2D eigenvalue weighted by Gasteiger charge is -2.43. The van der Waals surface area contributed by atoms with E-state index in [1.54, 1.807) is 0 Å². The highest BCUT2D eigenvalue weighted by atomic mass is 16.3. The van der Waals surface area contributed by atoms with Crippen molar-refractivity contribution >= 4 is 0 Å². The third kappa shape index (κ3) is 4.77. The molecule has 0 spiro atoms. The molecule has 0 heterocycles. The summed E-state index contributed by atoms with van der Waals surface area (Å²) in [5, 5.41) is 59.7. The van der Waals surface area contributed by atoms with Crippen molar-refractivity contribution in [3.8, 4) is 39.9 Å². The molecule has 0 amide bonds. The van der Waals surface area contributed by atoms with E-state index in [1.807, 2.05) is 103 Å². The lowest BCUT2D eigenvalue weighted by atomic mass is 9.60. The van der Waals surface area contributed by atoms with Gasteiger partial charge < -0.3 is 25.5 Å². The zero-order valence-electron chi connectivity index (χ0n) is 28.8. The third-order valence-electron chi connectivity index (χ3n) is 11.8. The topological polar surface area (TPSA) is 101 Å². The fourth-order valence-corrected chi connectivity index (χ4v) is 9.23. The van der Waals surface area contributed by atoms with Crippen LogP contribution >= 0.6 is 0 Å². The normalized spacial score (nSPS) is 16.4. The van der Waals surface area contributed by atoms with Gasteiger partial charge in [0.15, 0.2) is 0 Å². The monoisotopic (exact) mass is 692 g/mol. The summed E-state index contributed by atoms with van der Waals surface area (Å²) in [6.07, 6.45) is 1.15. The van der Waals surface area contributed by atoms with Crippen molar-refractivity contribution in [3.63, 3.8) is 0 Å². The fraction of sp³-hybridized carbons (Fsp3) is 0.125. The number of phenols is 5. The number of rotatable bonds is 1. The van der Waals surface area contributed by atoms with Crippen LogP contribution in [0.4, 0.5) is 0 Å². The quantitative estimate of drug-likeness (QED) is 0.118. The number of phenolic OH excluding ortho intramolecular Hbond substituents is 5. The van der Waals surface area contributed by atoms with E-state index >= 15 is 0 Å². The summed E-state index contributed by atoms with van der Waals surface area (Å²) in [4.78, 5) is 0. The standard InChI is InChI=1S/C48H36O5/c49-44-27-10-6-12-29(44)22-34-24-33(26-8-2-1-3-9-26)25-35(46(34)51)23-30-13-7-11-28(45(30)50)21-32-17-19-39-40-36-14-4-5-15-37(36)41(43(39)48(32)53)42-38(40)18-16-31(20-27)47(42)52/h1-19,24-25,40-41,49-53H,20-23H2. The molecule has 0 aromatic heterocycles. The van der Waals surface area contributed by atoms with Crippen LogP contribution in [0.5, 0.6) is 28.7 Å². The predicted molar refractivity (Wildman–Crippen MR) is 206 cm³/mol. The molecule has 0 unspecified atom stereocenters. The Bertz CT molecular complexity index is 2500. The molecule has 0 radical (unpaired) electrons. The Hall–Kier alpha value is -6.46. The van der Waals surface area contributed by atoms with Crippen LogP contribution in [0.25, 0.3) is 11.1 Å². The van der Waals surface area contributed by atoms with Gasteiger partial charge in [-0.05, 0) is 90.0 Å². The fourth-order valence-electron chi connectivity index (χ4n) is 9.23. The highest BCUT2D eigenvalue weighted by Gasteiger charge is 2.45. The van der Waals surface area contributed by atoms with E-state index in [2.05, 4.69) is 24.3 Å². The Morgan fingerprint density at radius 1 is 0.302 bits per heavy atom. The smallest absolute Gasteiger partial charge is 0.123 e. The maximum Gasteiger partial charge on any atom is 0.123 e. The van der Waals surface area contributed by atoms with Crippen LogP contribution in [0.1, 0.15) is 89.7 Å². The van der Waals surface area contributed by atoms with Crippen molar-refractivity contribution < 1.29 is 25.5 Å². The Morgan fingerprint density at radius 2 is 0.698 bits per heavy atom. The molecular formula is C48H36O5. The number of aromatic hydroxyl groups is 5. The average molecular weight is 693 g/mol. The summed E-state index contributed by atoms with van der Waals surface area (Å²) in [7, 11) is 0. The van der Waals surface area contributed by atoms with E-state index in [0.29, 0.717) is 57.3 Å². The summed E-state index contributed by atoms with van der Waals surface area (Å²) >= 11 is 0. The van der Waals surface area contributed by atoms with E-state index in [9.17, 15) is 25.5 Å². The maximum atomic E-state index is 12.2. The predicted octanol–water partition coefficient (Wildman–Crippen LogP) is 9.55. The van der Waals surface area contributed by atoms with Gasteiger partial charge >= 0.3 is 0 Å². The molecule has 0 fully saturated rings. The maximum absolute atomic E-state index is 12.2. The van der Waals surface area contributed by atoms with E-state index in [0.717, 1.165) is 38.9 Å². The summed E-state index contributed by atoms with van der Waals surface area (Å²) in [6, 6.07) is 41.6. The molecule has 0 saturated carbocycles. The van der Waals surface area contributed by atoms with Crippen LogP contribution in [-0.4, -0.2) is 25.5 Å². The van der Waals surface area contributed by atoms with Crippen LogP contribution in [0.15, 0.2) is 127 Å². The Morgan fingerprint density at radius 3 is 1.19 bits per heavy atom. The molecule has 4 aliphatic rings. The number of benzene rings is 7. The van der Waals surface area contributed by atoms with Gasteiger partial charge in [-0.25, -0.2) is 0 Å². The first-order valence-electron chi connectivity index (χ1n) is 18.1. The van der Waals surface area contributed by atoms with Gasteiger partial charge in [0.1, 0.15) is 28.7 Å². The summed E-state index contributed by atoms with van der Waals surface area (Å²) in [6.45, 7) is 0. The average Bonchev–Trinajstić information content (AvgIpc) is 3.18. The second-order valence-electron chi connectivity index (χ2n) is 14.7. The Kier molecular flexibility index (Phi) is 6.96. The molecule has 12 bridgehead atoms. The van der Waals surface area contributed by atoms with Gasteiger partial charge in [-0.2, -0.15) is 0 Å². The first-order chi connectivity index (χ1) is 25.9. The molecule has 4 aliphatic carbocycles. The molecule has 0 saturated heterocycles. The van der Waals surface area contributed by atoms with Gasteiger partial charge in [-0.3, -0.25) is 0 Å². The molecule has 7 aromatic carbocycles. The zero-order valence-corrected chi connectivity index (χ0v) is 28.8. The molecule has 258 valence electrons. The summed E-state index contributed by atoms with van der Waals surface area (Å²) < 4.78 is 0. The van der Waals surface area contributed by atoms with Crippen LogP contribution < -0.4 is 0 Å². The molecule has 7 aromatic rings. The molecule has 11 rings (SSSR count). The van der Waals surface area contributed by atoms with Crippen molar-refractivity contribution in [3.05, 3.63) is 205 Å². The van der Waals surface area contributed by atoms with Gasteiger partial charge in [0.05, 0.1) is 0 Å². The lowest BCUT2D eigenvalue weighted by Crippen LogP contribution is -2.28. The summed E-state index contributed by atoms with van der Waals surface area (Å²) in [5.74, 6) is 0.148. The largest absolute Gasteiger partial charge is 0.507 e. The Balaban J connectivity index is 1.21. The minimum atomic E-state index is -0.390. The number of fused-ring (bicyclic) bond motifs is 8.